The second-order valence-electron chi connectivity index (χ2n) is 5.57. The first-order chi connectivity index (χ1) is 11.1. The van der Waals surface area contributed by atoms with Crippen LogP contribution in [0.2, 0.25) is 0 Å². The van der Waals surface area contributed by atoms with E-state index in [0.29, 0.717) is 11.0 Å². The first-order valence-electron chi connectivity index (χ1n) is 6.70. The number of benzene rings is 1. The molecule has 2 rings (SSSR count). The van der Waals surface area contributed by atoms with Crippen LogP contribution < -0.4 is 4.90 Å². The van der Waals surface area contributed by atoms with Crippen LogP contribution in [0.1, 0.15) is 25.0 Å². The molecule has 24 heavy (non-hydrogen) atoms. The van der Waals surface area contributed by atoms with Crippen molar-refractivity contribution in [3.05, 3.63) is 29.3 Å². The van der Waals surface area contributed by atoms with Gasteiger partial charge in [0.2, 0.25) is 0 Å². The van der Waals surface area contributed by atoms with E-state index in [-0.39, 0.29) is 12.2 Å². The van der Waals surface area contributed by atoms with Gasteiger partial charge in [-0.1, -0.05) is 0 Å². The summed E-state index contributed by atoms with van der Waals surface area (Å²) in [6.07, 6.45) is -4.81. The number of amides is 3. The Morgan fingerprint density at radius 3 is 2.33 bits per heavy atom. The summed E-state index contributed by atoms with van der Waals surface area (Å²) in [5.41, 5.74) is -3.51. The summed E-state index contributed by atoms with van der Waals surface area (Å²) in [7, 11) is 0. The lowest BCUT2D eigenvalue weighted by molar-refractivity contribution is -0.137. The van der Waals surface area contributed by atoms with E-state index < -0.39 is 34.8 Å². The summed E-state index contributed by atoms with van der Waals surface area (Å²) < 4.78 is 39.2. The summed E-state index contributed by atoms with van der Waals surface area (Å²) in [6, 6.07) is 4.86. The van der Waals surface area contributed by atoms with Gasteiger partial charge in [0.15, 0.2) is 0 Å². The minimum atomic E-state index is -4.81. The summed E-state index contributed by atoms with van der Waals surface area (Å²) in [6.45, 7) is 2.42. The van der Waals surface area contributed by atoms with Crippen molar-refractivity contribution in [3.63, 3.8) is 0 Å². The molecule has 1 aromatic carbocycles. The van der Waals surface area contributed by atoms with Crippen LogP contribution in [0.25, 0.3) is 0 Å². The van der Waals surface area contributed by atoms with Gasteiger partial charge in [0.1, 0.15) is 12.1 Å². The molecular weight excluding hydrogens is 325 g/mol. The van der Waals surface area contributed by atoms with Crippen molar-refractivity contribution in [1.29, 1.82) is 10.5 Å². The van der Waals surface area contributed by atoms with E-state index in [1.165, 1.54) is 19.9 Å². The molecular formula is C15H11F3N4O2. The molecule has 1 aromatic rings. The van der Waals surface area contributed by atoms with Crippen LogP contribution in [0, 0.1) is 22.7 Å². The van der Waals surface area contributed by atoms with Gasteiger partial charge in [-0.15, -0.1) is 0 Å². The molecule has 9 heteroatoms. The van der Waals surface area contributed by atoms with Crippen LogP contribution in [0.15, 0.2) is 18.2 Å². The summed E-state index contributed by atoms with van der Waals surface area (Å²) in [5, 5.41) is 17.6. The quantitative estimate of drug-likeness (QED) is 0.613. The molecule has 124 valence electrons. The summed E-state index contributed by atoms with van der Waals surface area (Å²) in [5.74, 6) is -0.749. The average Bonchev–Trinajstić information content (AvgIpc) is 2.66. The molecule has 0 radical (unpaired) electrons. The smallest absolute Gasteiger partial charge is 0.296 e. The molecule has 0 saturated carbocycles. The summed E-state index contributed by atoms with van der Waals surface area (Å²) in [4.78, 5) is 26.4. The molecule has 0 aromatic heterocycles. The van der Waals surface area contributed by atoms with Crippen molar-refractivity contribution in [1.82, 2.24) is 4.90 Å². The number of imide groups is 1. The van der Waals surface area contributed by atoms with Crippen LogP contribution in [0.5, 0.6) is 0 Å². The zero-order valence-corrected chi connectivity index (χ0v) is 12.7. The van der Waals surface area contributed by atoms with Crippen LogP contribution >= 0.6 is 0 Å². The topological polar surface area (TPSA) is 88.2 Å². The van der Waals surface area contributed by atoms with Crippen molar-refractivity contribution < 1.29 is 22.8 Å². The van der Waals surface area contributed by atoms with Gasteiger partial charge in [-0.2, -0.15) is 23.7 Å². The van der Waals surface area contributed by atoms with Gasteiger partial charge in [0.05, 0.1) is 29.0 Å². The van der Waals surface area contributed by atoms with E-state index in [2.05, 4.69) is 0 Å². The number of rotatable bonds is 2. The standard InChI is InChI=1S/C15H11F3N4O2/c1-14(2)12(23)22(13(24)21(14)6-5-19)10-4-3-9(8-20)11(7-10)15(16,17)18/h3-4,7H,6H2,1-2H3. The number of anilines is 1. The molecule has 1 aliphatic rings. The second-order valence-corrected chi connectivity index (χ2v) is 5.57. The molecule has 0 aliphatic carbocycles. The summed E-state index contributed by atoms with van der Waals surface area (Å²) >= 11 is 0. The fourth-order valence-corrected chi connectivity index (χ4v) is 2.40. The minimum absolute atomic E-state index is 0.301. The predicted octanol–water partition coefficient (Wildman–Crippen LogP) is 2.65. The van der Waals surface area contributed by atoms with Crippen LogP contribution in [0.4, 0.5) is 23.7 Å². The van der Waals surface area contributed by atoms with Crippen molar-refractivity contribution in [2.24, 2.45) is 0 Å². The van der Waals surface area contributed by atoms with E-state index in [1.54, 1.807) is 6.07 Å². The Labute approximate surface area is 135 Å². The largest absolute Gasteiger partial charge is 0.417 e. The van der Waals surface area contributed by atoms with E-state index >= 15 is 0 Å². The van der Waals surface area contributed by atoms with E-state index in [4.69, 9.17) is 10.5 Å². The highest BCUT2D eigenvalue weighted by Crippen LogP contribution is 2.37. The first kappa shape index (κ1) is 17.3. The normalized spacial score (nSPS) is 17.0. The van der Waals surface area contributed by atoms with Gasteiger partial charge in [0.25, 0.3) is 5.91 Å². The number of hydrogen-bond donors (Lipinski definition) is 0. The third-order valence-electron chi connectivity index (χ3n) is 3.74. The first-order valence-corrected chi connectivity index (χ1v) is 6.70. The number of nitrogens with zero attached hydrogens (tertiary/aromatic N) is 4. The van der Waals surface area contributed by atoms with Crippen molar-refractivity contribution in [2.45, 2.75) is 25.6 Å². The number of carbonyl (C=O) groups excluding carboxylic acids is 2. The van der Waals surface area contributed by atoms with Crippen molar-refractivity contribution in [2.75, 3.05) is 11.4 Å². The fourth-order valence-electron chi connectivity index (χ4n) is 2.40. The number of carbonyl (C=O) groups is 2. The third kappa shape index (κ3) is 2.54. The fraction of sp³-hybridized carbons (Fsp3) is 0.333. The molecule has 3 amide bonds. The van der Waals surface area contributed by atoms with Gasteiger partial charge >= 0.3 is 12.2 Å². The minimum Gasteiger partial charge on any atom is -0.296 e. The SMILES string of the molecule is CC1(C)C(=O)N(c2ccc(C#N)c(C(F)(F)F)c2)C(=O)N1CC#N. The van der Waals surface area contributed by atoms with Gasteiger partial charge in [-0.3, -0.25) is 9.69 Å². The maximum absolute atomic E-state index is 13.1. The molecule has 1 fully saturated rings. The Hall–Kier alpha value is -3.07. The van der Waals surface area contributed by atoms with Crippen LogP contribution in [-0.4, -0.2) is 28.9 Å². The molecule has 0 bridgehead atoms. The number of hydrogen-bond acceptors (Lipinski definition) is 4. The monoisotopic (exact) mass is 336 g/mol. The second kappa shape index (κ2) is 5.53. The number of urea groups is 1. The van der Waals surface area contributed by atoms with Crippen LogP contribution in [0.3, 0.4) is 0 Å². The van der Waals surface area contributed by atoms with Gasteiger partial charge in [-0.05, 0) is 32.0 Å². The molecule has 0 atom stereocenters. The molecule has 1 aliphatic heterocycles. The number of halogens is 3. The molecule has 1 saturated heterocycles. The van der Waals surface area contributed by atoms with E-state index in [1.807, 2.05) is 0 Å². The maximum Gasteiger partial charge on any atom is 0.417 e. The zero-order valence-electron chi connectivity index (χ0n) is 12.7. The average molecular weight is 336 g/mol. The third-order valence-corrected chi connectivity index (χ3v) is 3.74. The Bertz CT molecular complexity index is 802. The van der Waals surface area contributed by atoms with Gasteiger partial charge in [-0.25, -0.2) is 9.69 Å². The molecule has 6 nitrogen and oxygen atoms in total. The Kier molecular flexibility index (Phi) is 3.98. The molecule has 0 N–H and O–H groups in total. The lowest BCUT2D eigenvalue weighted by atomic mass is 10.0. The Balaban J connectivity index is 2.57. The number of alkyl halides is 3. The molecule has 1 heterocycles. The zero-order chi connectivity index (χ0) is 18.3. The van der Waals surface area contributed by atoms with Gasteiger partial charge in [0, 0.05) is 0 Å². The van der Waals surface area contributed by atoms with Gasteiger partial charge < -0.3 is 0 Å². The number of nitriles is 2. The molecule has 0 spiro atoms. The lowest BCUT2D eigenvalue weighted by Crippen LogP contribution is -2.44. The van der Waals surface area contributed by atoms with Crippen LogP contribution in [-0.2, 0) is 11.0 Å². The van der Waals surface area contributed by atoms with E-state index in [9.17, 15) is 22.8 Å². The maximum atomic E-state index is 13.1. The Morgan fingerprint density at radius 1 is 1.21 bits per heavy atom. The highest BCUT2D eigenvalue weighted by molar-refractivity contribution is 6.23. The van der Waals surface area contributed by atoms with Crippen molar-refractivity contribution >= 4 is 17.6 Å². The highest BCUT2D eigenvalue weighted by atomic mass is 19.4. The van der Waals surface area contributed by atoms with Crippen molar-refractivity contribution in [3.8, 4) is 12.1 Å². The Morgan fingerprint density at radius 2 is 1.83 bits per heavy atom. The predicted molar refractivity (Wildman–Crippen MR) is 75.4 cm³/mol. The highest BCUT2D eigenvalue weighted by Gasteiger charge is 2.52. The molecule has 0 unspecified atom stereocenters. The lowest BCUT2D eigenvalue weighted by Gasteiger charge is -2.24. The van der Waals surface area contributed by atoms with E-state index in [0.717, 1.165) is 17.0 Å².